The summed E-state index contributed by atoms with van der Waals surface area (Å²) >= 11 is 0. The lowest BCUT2D eigenvalue weighted by atomic mass is 10.1. The van der Waals surface area contributed by atoms with E-state index in [4.69, 9.17) is 0 Å². The molecule has 2 heterocycles. The van der Waals surface area contributed by atoms with E-state index in [1.54, 1.807) is 6.33 Å². The van der Waals surface area contributed by atoms with Crippen LogP contribution in [0.2, 0.25) is 0 Å². The van der Waals surface area contributed by atoms with Gasteiger partial charge >= 0.3 is 0 Å². The maximum Gasteiger partial charge on any atom is 0.116 e. The maximum atomic E-state index is 4.34. The minimum Gasteiger partial charge on any atom is -0.282 e. The molecule has 0 atom stereocenters. The van der Waals surface area contributed by atoms with Gasteiger partial charge in [0.1, 0.15) is 12.0 Å². The van der Waals surface area contributed by atoms with Crippen LogP contribution < -0.4 is 0 Å². The molecule has 0 aliphatic carbocycles. The van der Waals surface area contributed by atoms with Gasteiger partial charge in [0.15, 0.2) is 0 Å². The van der Waals surface area contributed by atoms with E-state index in [9.17, 15) is 0 Å². The second kappa shape index (κ2) is 4.65. The Morgan fingerprint density at radius 1 is 1.29 bits per heavy atom. The molecule has 0 bridgehead atoms. The highest BCUT2D eigenvalue weighted by Crippen LogP contribution is 2.23. The van der Waals surface area contributed by atoms with E-state index < -0.39 is 0 Å². The lowest BCUT2D eigenvalue weighted by Crippen LogP contribution is -1.96. The van der Waals surface area contributed by atoms with Crippen LogP contribution in [-0.2, 0) is 6.42 Å². The first-order chi connectivity index (χ1) is 8.13. The SMILES string of the molecule is CCc1[nH]nc(-c2cc(C(C)C)ncn2)c1C. The third-order valence-electron chi connectivity index (χ3n) is 2.99. The summed E-state index contributed by atoms with van der Waals surface area (Å²) in [5.41, 5.74) is 5.24. The largest absolute Gasteiger partial charge is 0.282 e. The molecular formula is C13H18N4. The van der Waals surface area contributed by atoms with Crippen LogP contribution in [0, 0.1) is 6.92 Å². The number of nitrogens with zero attached hydrogens (tertiary/aromatic N) is 3. The standard InChI is InChI=1S/C13H18N4/c1-5-10-9(4)13(17-16-10)12-6-11(8(2)3)14-7-15-12/h6-8H,5H2,1-4H3,(H,16,17). The van der Waals surface area contributed by atoms with Crippen molar-refractivity contribution in [3.05, 3.63) is 29.3 Å². The van der Waals surface area contributed by atoms with Crippen LogP contribution in [0.5, 0.6) is 0 Å². The second-order valence-electron chi connectivity index (χ2n) is 4.51. The second-order valence-corrected chi connectivity index (χ2v) is 4.51. The Morgan fingerprint density at radius 2 is 2.06 bits per heavy atom. The van der Waals surface area contributed by atoms with Crippen molar-refractivity contribution in [3.63, 3.8) is 0 Å². The molecule has 2 aromatic rings. The molecule has 0 aliphatic heterocycles. The van der Waals surface area contributed by atoms with Crippen molar-refractivity contribution < 1.29 is 0 Å². The first-order valence-electron chi connectivity index (χ1n) is 5.99. The van der Waals surface area contributed by atoms with Gasteiger partial charge in [-0.1, -0.05) is 20.8 Å². The molecule has 4 nitrogen and oxygen atoms in total. The van der Waals surface area contributed by atoms with Gasteiger partial charge in [-0.2, -0.15) is 5.10 Å². The van der Waals surface area contributed by atoms with E-state index >= 15 is 0 Å². The fraction of sp³-hybridized carbons (Fsp3) is 0.462. The molecule has 4 heteroatoms. The van der Waals surface area contributed by atoms with Gasteiger partial charge in [-0.05, 0) is 30.9 Å². The smallest absolute Gasteiger partial charge is 0.116 e. The molecule has 0 saturated heterocycles. The predicted molar refractivity (Wildman–Crippen MR) is 67.8 cm³/mol. The lowest BCUT2D eigenvalue weighted by Gasteiger charge is -2.05. The summed E-state index contributed by atoms with van der Waals surface area (Å²) in [6.07, 6.45) is 2.57. The number of H-pyrrole nitrogens is 1. The van der Waals surface area contributed by atoms with E-state index in [0.29, 0.717) is 5.92 Å². The molecule has 0 fully saturated rings. The molecule has 2 aromatic heterocycles. The zero-order valence-electron chi connectivity index (χ0n) is 10.8. The molecule has 0 amide bonds. The minimum absolute atomic E-state index is 0.404. The van der Waals surface area contributed by atoms with Crippen molar-refractivity contribution in [3.8, 4) is 11.4 Å². The number of nitrogens with one attached hydrogen (secondary N) is 1. The maximum absolute atomic E-state index is 4.34. The topological polar surface area (TPSA) is 54.5 Å². The molecule has 2 rings (SSSR count). The summed E-state index contributed by atoms with van der Waals surface area (Å²) < 4.78 is 0. The Bertz CT molecular complexity index is 514. The molecule has 0 saturated carbocycles. The van der Waals surface area contributed by atoms with Gasteiger partial charge in [-0.3, -0.25) is 5.10 Å². The van der Waals surface area contributed by atoms with Crippen molar-refractivity contribution in [2.45, 2.75) is 40.0 Å². The number of hydrogen-bond donors (Lipinski definition) is 1. The van der Waals surface area contributed by atoms with Gasteiger partial charge in [0.2, 0.25) is 0 Å². The van der Waals surface area contributed by atoms with Gasteiger partial charge in [0.05, 0.1) is 5.69 Å². The Labute approximate surface area is 102 Å². The zero-order valence-corrected chi connectivity index (χ0v) is 10.8. The lowest BCUT2D eigenvalue weighted by molar-refractivity contribution is 0.814. The monoisotopic (exact) mass is 230 g/mol. The van der Waals surface area contributed by atoms with Crippen LogP contribution in [0.25, 0.3) is 11.4 Å². The molecule has 17 heavy (non-hydrogen) atoms. The molecule has 0 unspecified atom stereocenters. The molecular weight excluding hydrogens is 212 g/mol. The van der Waals surface area contributed by atoms with Crippen LogP contribution in [0.1, 0.15) is 43.6 Å². The molecule has 0 aliphatic rings. The van der Waals surface area contributed by atoms with Gasteiger partial charge in [0, 0.05) is 11.4 Å². The van der Waals surface area contributed by atoms with Gasteiger partial charge in [-0.15, -0.1) is 0 Å². The van der Waals surface area contributed by atoms with Crippen molar-refractivity contribution in [1.82, 2.24) is 20.2 Å². The number of aromatic amines is 1. The van der Waals surface area contributed by atoms with E-state index in [1.807, 2.05) is 6.07 Å². The number of aryl methyl sites for hydroxylation is 1. The van der Waals surface area contributed by atoms with Crippen molar-refractivity contribution in [1.29, 1.82) is 0 Å². The minimum atomic E-state index is 0.404. The molecule has 1 N–H and O–H groups in total. The van der Waals surface area contributed by atoms with E-state index in [1.165, 1.54) is 11.3 Å². The highest BCUT2D eigenvalue weighted by molar-refractivity contribution is 5.59. The Kier molecular flexibility index (Phi) is 3.22. The number of rotatable bonds is 3. The average Bonchev–Trinajstić information content (AvgIpc) is 2.70. The molecule has 90 valence electrons. The Morgan fingerprint density at radius 3 is 2.65 bits per heavy atom. The van der Waals surface area contributed by atoms with Crippen molar-refractivity contribution in [2.75, 3.05) is 0 Å². The highest BCUT2D eigenvalue weighted by Gasteiger charge is 2.12. The molecule has 0 spiro atoms. The summed E-state index contributed by atoms with van der Waals surface area (Å²) in [5.74, 6) is 0.404. The fourth-order valence-corrected chi connectivity index (χ4v) is 1.85. The summed E-state index contributed by atoms with van der Waals surface area (Å²) in [6, 6.07) is 2.02. The fourth-order valence-electron chi connectivity index (χ4n) is 1.85. The zero-order chi connectivity index (χ0) is 12.4. The predicted octanol–water partition coefficient (Wildman–Crippen LogP) is 2.86. The summed E-state index contributed by atoms with van der Waals surface area (Å²) in [4.78, 5) is 8.58. The third kappa shape index (κ3) is 2.20. The normalized spacial score (nSPS) is 11.1. The Hall–Kier alpha value is -1.71. The average molecular weight is 230 g/mol. The number of hydrogen-bond acceptors (Lipinski definition) is 3. The van der Waals surface area contributed by atoms with Crippen LogP contribution in [-0.4, -0.2) is 20.2 Å². The van der Waals surface area contributed by atoms with Crippen molar-refractivity contribution in [2.24, 2.45) is 0 Å². The van der Waals surface area contributed by atoms with Crippen LogP contribution in [0.4, 0.5) is 0 Å². The van der Waals surface area contributed by atoms with Gasteiger partial charge in [0.25, 0.3) is 0 Å². The molecule has 0 radical (unpaired) electrons. The highest BCUT2D eigenvalue weighted by atomic mass is 15.1. The quantitative estimate of drug-likeness (QED) is 0.882. The van der Waals surface area contributed by atoms with Gasteiger partial charge < -0.3 is 0 Å². The van der Waals surface area contributed by atoms with Crippen LogP contribution in [0.3, 0.4) is 0 Å². The van der Waals surface area contributed by atoms with Crippen LogP contribution in [0.15, 0.2) is 12.4 Å². The number of aromatic nitrogens is 4. The van der Waals surface area contributed by atoms with Crippen molar-refractivity contribution >= 4 is 0 Å². The summed E-state index contributed by atoms with van der Waals surface area (Å²) in [6.45, 7) is 8.45. The first-order valence-corrected chi connectivity index (χ1v) is 5.99. The van der Waals surface area contributed by atoms with E-state index in [2.05, 4.69) is 47.9 Å². The summed E-state index contributed by atoms with van der Waals surface area (Å²) in [7, 11) is 0. The third-order valence-corrected chi connectivity index (χ3v) is 2.99. The first kappa shape index (κ1) is 11.8. The van der Waals surface area contributed by atoms with E-state index in [-0.39, 0.29) is 0 Å². The van der Waals surface area contributed by atoms with Gasteiger partial charge in [-0.25, -0.2) is 9.97 Å². The summed E-state index contributed by atoms with van der Waals surface area (Å²) in [5, 5.41) is 7.40. The Balaban J connectivity index is 2.45. The van der Waals surface area contributed by atoms with Crippen LogP contribution >= 0.6 is 0 Å². The molecule has 0 aromatic carbocycles. The van der Waals surface area contributed by atoms with E-state index in [0.717, 1.165) is 23.5 Å².